The standard InChI is InChI=1S/C15H24N6/c1-4-16-15-20-13-12(17-8-18-13)14(21-15)19-11-6-5-9(2)10(3)7-11/h8-11H,4-7H2,1-3H3,(H3,16,17,18,19,20,21). The van der Waals surface area contributed by atoms with Gasteiger partial charge in [-0.25, -0.2) is 4.98 Å². The summed E-state index contributed by atoms with van der Waals surface area (Å²) >= 11 is 0. The first kappa shape index (κ1) is 14.1. The van der Waals surface area contributed by atoms with Crippen molar-refractivity contribution in [3.8, 4) is 0 Å². The van der Waals surface area contributed by atoms with Crippen LogP contribution >= 0.6 is 0 Å². The van der Waals surface area contributed by atoms with Crippen molar-refractivity contribution in [3.63, 3.8) is 0 Å². The van der Waals surface area contributed by atoms with E-state index in [0.717, 1.165) is 29.7 Å². The lowest BCUT2D eigenvalue weighted by Crippen LogP contribution is -2.30. The van der Waals surface area contributed by atoms with Crippen LogP contribution in [0.1, 0.15) is 40.0 Å². The van der Waals surface area contributed by atoms with Crippen molar-refractivity contribution in [2.75, 3.05) is 17.2 Å². The Morgan fingerprint density at radius 3 is 2.86 bits per heavy atom. The molecule has 6 nitrogen and oxygen atoms in total. The lowest BCUT2D eigenvalue weighted by atomic mass is 9.79. The number of aromatic amines is 1. The smallest absolute Gasteiger partial charge is 0.226 e. The molecule has 3 N–H and O–H groups in total. The summed E-state index contributed by atoms with van der Waals surface area (Å²) in [4.78, 5) is 16.4. The summed E-state index contributed by atoms with van der Waals surface area (Å²) in [6.45, 7) is 7.53. The summed E-state index contributed by atoms with van der Waals surface area (Å²) in [6, 6.07) is 0.479. The predicted molar refractivity (Wildman–Crippen MR) is 85.4 cm³/mol. The fourth-order valence-electron chi connectivity index (χ4n) is 3.05. The van der Waals surface area contributed by atoms with E-state index < -0.39 is 0 Å². The van der Waals surface area contributed by atoms with Gasteiger partial charge >= 0.3 is 0 Å². The number of imidazole rings is 1. The Kier molecular flexibility index (Phi) is 3.94. The third-order valence-electron chi connectivity index (χ3n) is 4.56. The van der Waals surface area contributed by atoms with Gasteiger partial charge in [0.2, 0.25) is 5.95 Å². The van der Waals surface area contributed by atoms with Crippen LogP contribution in [-0.4, -0.2) is 32.5 Å². The third-order valence-corrected chi connectivity index (χ3v) is 4.56. The first-order valence-electron chi connectivity index (χ1n) is 7.89. The van der Waals surface area contributed by atoms with Gasteiger partial charge in [-0.05, 0) is 38.0 Å². The van der Waals surface area contributed by atoms with Gasteiger partial charge in [0.1, 0.15) is 5.52 Å². The van der Waals surface area contributed by atoms with Crippen LogP contribution in [0.15, 0.2) is 6.33 Å². The second kappa shape index (κ2) is 5.87. The zero-order chi connectivity index (χ0) is 14.8. The summed E-state index contributed by atoms with van der Waals surface area (Å²) < 4.78 is 0. The van der Waals surface area contributed by atoms with Gasteiger partial charge in [0, 0.05) is 12.6 Å². The van der Waals surface area contributed by atoms with Crippen LogP contribution in [0.4, 0.5) is 11.8 Å². The molecule has 3 rings (SSSR count). The van der Waals surface area contributed by atoms with Crippen molar-refractivity contribution in [3.05, 3.63) is 6.33 Å². The van der Waals surface area contributed by atoms with Crippen LogP contribution in [0, 0.1) is 11.8 Å². The molecule has 1 fully saturated rings. The van der Waals surface area contributed by atoms with Gasteiger partial charge in [0.15, 0.2) is 11.5 Å². The molecule has 0 amide bonds. The molecule has 3 unspecified atom stereocenters. The van der Waals surface area contributed by atoms with E-state index in [9.17, 15) is 0 Å². The number of hydrogen-bond donors (Lipinski definition) is 3. The van der Waals surface area contributed by atoms with Crippen LogP contribution in [0.25, 0.3) is 11.2 Å². The van der Waals surface area contributed by atoms with Crippen LogP contribution in [0.3, 0.4) is 0 Å². The zero-order valence-electron chi connectivity index (χ0n) is 13.0. The first-order chi connectivity index (χ1) is 10.2. The Hall–Kier alpha value is -1.85. The van der Waals surface area contributed by atoms with E-state index in [2.05, 4.69) is 44.4 Å². The molecule has 3 atom stereocenters. The highest BCUT2D eigenvalue weighted by molar-refractivity contribution is 5.83. The van der Waals surface area contributed by atoms with Crippen molar-refractivity contribution >= 4 is 22.9 Å². The lowest BCUT2D eigenvalue weighted by molar-refractivity contribution is 0.260. The van der Waals surface area contributed by atoms with E-state index in [1.807, 2.05) is 6.92 Å². The fourth-order valence-corrected chi connectivity index (χ4v) is 3.05. The Morgan fingerprint density at radius 1 is 1.24 bits per heavy atom. The topological polar surface area (TPSA) is 78.5 Å². The van der Waals surface area contributed by atoms with Gasteiger partial charge in [0.05, 0.1) is 6.33 Å². The van der Waals surface area contributed by atoms with Gasteiger partial charge in [-0.2, -0.15) is 9.97 Å². The minimum absolute atomic E-state index is 0.479. The molecule has 0 saturated heterocycles. The largest absolute Gasteiger partial charge is 0.365 e. The zero-order valence-corrected chi connectivity index (χ0v) is 13.0. The van der Waals surface area contributed by atoms with Gasteiger partial charge in [-0.3, -0.25) is 0 Å². The van der Waals surface area contributed by atoms with E-state index in [1.165, 1.54) is 19.3 Å². The molecule has 6 heteroatoms. The third kappa shape index (κ3) is 2.94. The monoisotopic (exact) mass is 288 g/mol. The molecular weight excluding hydrogens is 264 g/mol. The Balaban J connectivity index is 1.83. The van der Waals surface area contributed by atoms with Gasteiger partial charge in [-0.15, -0.1) is 0 Å². The average molecular weight is 288 g/mol. The molecular formula is C15H24N6. The molecule has 1 aliphatic carbocycles. The van der Waals surface area contributed by atoms with Crippen LogP contribution in [0.5, 0.6) is 0 Å². The Bertz CT molecular complexity index is 607. The second-order valence-corrected chi connectivity index (χ2v) is 6.14. The van der Waals surface area contributed by atoms with Crippen LogP contribution in [0.2, 0.25) is 0 Å². The molecule has 0 radical (unpaired) electrons. The number of rotatable bonds is 4. The van der Waals surface area contributed by atoms with E-state index in [0.29, 0.717) is 17.6 Å². The molecule has 2 heterocycles. The highest BCUT2D eigenvalue weighted by Gasteiger charge is 2.25. The maximum atomic E-state index is 4.60. The van der Waals surface area contributed by atoms with Crippen LogP contribution in [-0.2, 0) is 0 Å². The summed E-state index contributed by atoms with van der Waals surface area (Å²) in [7, 11) is 0. The Labute approximate surface area is 125 Å². The molecule has 21 heavy (non-hydrogen) atoms. The first-order valence-corrected chi connectivity index (χ1v) is 7.89. The Morgan fingerprint density at radius 2 is 2.10 bits per heavy atom. The minimum Gasteiger partial charge on any atom is -0.365 e. The maximum Gasteiger partial charge on any atom is 0.226 e. The number of nitrogens with one attached hydrogen (secondary N) is 3. The van der Waals surface area contributed by atoms with Gasteiger partial charge < -0.3 is 15.6 Å². The maximum absolute atomic E-state index is 4.60. The number of H-pyrrole nitrogens is 1. The summed E-state index contributed by atoms with van der Waals surface area (Å²) in [5.74, 6) is 3.07. The van der Waals surface area contributed by atoms with Crippen molar-refractivity contribution < 1.29 is 0 Å². The second-order valence-electron chi connectivity index (χ2n) is 6.14. The highest BCUT2D eigenvalue weighted by Crippen LogP contribution is 2.31. The molecule has 0 spiro atoms. The average Bonchev–Trinajstić information content (AvgIpc) is 2.92. The number of aromatic nitrogens is 4. The van der Waals surface area contributed by atoms with Crippen molar-refractivity contribution in [2.45, 2.75) is 46.1 Å². The van der Waals surface area contributed by atoms with Crippen molar-refractivity contribution in [1.82, 2.24) is 19.9 Å². The SMILES string of the molecule is CCNc1nc(NC2CCC(C)C(C)C2)c2[nH]cnc2n1. The van der Waals surface area contributed by atoms with Gasteiger partial charge in [-0.1, -0.05) is 13.8 Å². The molecule has 1 saturated carbocycles. The van der Waals surface area contributed by atoms with E-state index in [-0.39, 0.29) is 0 Å². The molecule has 2 aromatic rings. The molecule has 0 bridgehead atoms. The molecule has 2 aromatic heterocycles. The van der Waals surface area contributed by atoms with Crippen molar-refractivity contribution in [1.29, 1.82) is 0 Å². The van der Waals surface area contributed by atoms with E-state index in [1.54, 1.807) is 6.33 Å². The number of fused-ring (bicyclic) bond motifs is 1. The quantitative estimate of drug-likeness (QED) is 0.806. The fraction of sp³-hybridized carbons (Fsp3) is 0.667. The van der Waals surface area contributed by atoms with E-state index >= 15 is 0 Å². The van der Waals surface area contributed by atoms with E-state index in [4.69, 9.17) is 0 Å². The highest BCUT2D eigenvalue weighted by atomic mass is 15.2. The molecule has 1 aliphatic rings. The molecule has 0 aromatic carbocycles. The summed E-state index contributed by atoms with van der Waals surface area (Å²) in [5, 5.41) is 6.76. The number of hydrogen-bond acceptors (Lipinski definition) is 5. The number of anilines is 2. The number of nitrogens with zero attached hydrogens (tertiary/aromatic N) is 3. The molecule has 0 aliphatic heterocycles. The predicted octanol–water partition coefficient (Wildman–Crippen LogP) is 3.02. The van der Waals surface area contributed by atoms with Crippen molar-refractivity contribution in [2.24, 2.45) is 11.8 Å². The lowest BCUT2D eigenvalue weighted by Gasteiger charge is -2.32. The normalized spacial score (nSPS) is 26.0. The van der Waals surface area contributed by atoms with Gasteiger partial charge in [0.25, 0.3) is 0 Å². The summed E-state index contributed by atoms with van der Waals surface area (Å²) in [6.07, 6.45) is 5.33. The molecule has 114 valence electrons. The summed E-state index contributed by atoms with van der Waals surface area (Å²) in [5.41, 5.74) is 1.60. The minimum atomic E-state index is 0.479. The van der Waals surface area contributed by atoms with Crippen LogP contribution < -0.4 is 10.6 Å².